The van der Waals surface area contributed by atoms with E-state index < -0.39 is 0 Å². The van der Waals surface area contributed by atoms with E-state index in [4.69, 9.17) is 11.1 Å². The number of aromatic nitrogens is 2. The molecule has 0 saturated carbocycles. The molecule has 1 aromatic carbocycles. The minimum atomic E-state index is 0.0353. The summed E-state index contributed by atoms with van der Waals surface area (Å²) >= 11 is 3.45. The van der Waals surface area contributed by atoms with E-state index in [1.165, 1.54) is 5.56 Å². The molecule has 0 saturated heterocycles. The molecule has 1 heterocycles. The Morgan fingerprint density at radius 2 is 2.11 bits per heavy atom. The van der Waals surface area contributed by atoms with Gasteiger partial charge in [0.05, 0.1) is 16.9 Å². The van der Waals surface area contributed by atoms with Crippen LogP contribution in [0.2, 0.25) is 0 Å². The molecule has 0 radical (unpaired) electrons. The van der Waals surface area contributed by atoms with Crippen LogP contribution >= 0.6 is 15.9 Å². The maximum Gasteiger partial charge on any atom is 0.126 e. The monoisotopic (exact) mass is 320 g/mol. The number of aryl methyl sites for hydroxylation is 1. The first kappa shape index (κ1) is 13.8. The van der Waals surface area contributed by atoms with Crippen molar-refractivity contribution in [2.24, 2.45) is 5.73 Å². The van der Waals surface area contributed by atoms with Gasteiger partial charge in [-0.15, -0.1) is 0 Å². The standard InChI is InChI=1S/C14H17BrN4/c1-4-10-8(2)18-19(9(10)3)12-7-5-6-11(15)13(12)14(16)17/h5-7H,4H2,1-3H3,(H3,16,17). The molecule has 0 bridgehead atoms. The second-order valence-corrected chi connectivity index (χ2v) is 5.32. The summed E-state index contributed by atoms with van der Waals surface area (Å²) in [5.74, 6) is 0.0353. The maximum atomic E-state index is 7.75. The Labute approximate surface area is 121 Å². The molecule has 0 fully saturated rings. The van der Waals surface area contributed by atoms with Gasteiger partial charge in [-0.1, -0.05) is 13.0 Å². The first-order valence-corrected chi connectivity index (χ1v) is 6.95. The molecular formula is C14H17BrN4. The summed E-state index contributed by atoms with van der Waals surface area (Å²) in [6, 6.07) is 5.74. The second kappa shape index (κ2) is 5.17. The number of hydrogen-bond acceptors (Lipinski definition) is 2. The van der Waals surface area contributed by atoms with E-state index >= 15 is 0 Å². The fraction of sp³-hybridized carbons (Fsp3) is 0.286. The highest BCUT2D eigenvalue weighted by Gasteiger charge is 2.16. The van der Waals surface area contributed by atoms with E-state index in [1.54, 1.807) is 0 Å². The van der Waals surface area contributed by atoms with Crippen molar-refractivity contribution >= 4 is 21.8 Å². The van der Waals surface area contributed by atoms with Crippen molar-refractivity contribution in [1.82, 2.24) is 9.78 Å². The van der Waals surface area contributed by atoms with E-state index in [0.29, 0.717) is 5.56 Å². The summed E-state index contributed by atoms with van der Waals surface area (Å²) in [6.45, 7) is 6.17. The number of nitrogens with two attached hydrogens (primary N) is 1. The van der Waals surface area contributed by atoms with Crippen LogP contribution in [0.15, 0.2) is 22.7 Å². The molecule has 19 heavy (non-hydrogen) atoms. The van der Waals surface area contributed by atoms with Crippen molar-refractivity contribution in [2.45, 2.75) is 27.2 Å². The number of hydrogen-bond donors (Lipinski definition) is 2. The van der Waals surface area contributed by atoms with E-state index in [1.807, 2.05) is 36.7 Å². The summed E-state index contributed by atoms with van der Waals surface area (Å²) in [5.41, 5.74) is 10.6. The number of amidine groups is 1. The van der Waals surface area contributed by atoms with Crippen LogP contribution in [-0.4, -0.2) is 15.6 Å². The number of halogens is 1. The van der Waals surface area contributed by atoms with Gasteiger partial charge in [0, 0.05) is 10.2 Å². The van der Waals surface area contributed by atoms with E-state index in [9.17, 15) is 0 Å². The van der Waals surface area contributed by atoms with Gasteiger partial charge in [0.2, 0.25) is 0 Å². The molecular weight excluding hydrogens is 304 g/mol. The maximum absolute atomic E-state index is 7.75. The predicted molar refractivity (Wildman–Crippen MR) is 81.1 cm³/mol. The van der Waals surface area contributed by atoms with E-state index in [-0.39, 0.29) is 5.84 Å². The van der Waals surface area contributed by atoms with Crippen LogP contribution in [0.4, 0.5) is 0 Å². The van der Waals surface area contributed by atoms with Crippen LogP contribution in [0.3, 0.4) is 0 Å². The van der Waals surface area contributed by atoms with Crippen LogP contribution in [-0.2, 0) is 6.42 Å². The minimum Gasteiger partial charge on any atom is -0.384 e. The predicted octanol–water partition coefficient (Wildman–Crippen LogP) is 3.10. The van der Waals surface area contributed by atoms with Gasteiger partial charge in [-0.25, -0.2) is 4.68 Å². The Kier molecular flexibility index (Phi) is 3.75. The Hall–Kier alpha value is -1.62. The van der Waals surface area contributed by atoms with E-state index in [0.717, 1.165) is 28.0 Å². The number of nitrogens with one attached hydrogen (secondary N) is 1. The highest BCUT2D eigenvalue weighted by molar-refractivity contribution is 9.10. The molecule has 0 unspecified atom stereocenters. The molecule has 0 amide bonds. The first-order chi connectivity index (χ1) is 8.97. The van der Waals surface area contributed by atoms with Crippen molar-refractivity contribution in [3.05, 3.63) is 45.2 Å². The fourth-order valence-electron chi connectivity index (χ4n) is 2.38. The zero-order valence-electron chi connectivity index (χ0n) is 11.3. The molecule has 2 aromatic rings. The van der Waals surface area contributed by atoms with Gasteiger partial charge < -0.3 is 5.73 Å². The molecule has 5 heteroatoms. The Balaban J connectivity index is 2.73. The molecule has 0 aliphatic carbocycles. The normalized spacial score (nSPS) is 10.7. The average molecular weight is 321 g/mol. The topological polar surface area (TPSA) is 67.7 Å². The molecule has 1 aromatic heterocycles. The molecule has 0 spiro atoms. The zero-order chi connectivity index (χ0) is 14.2. The lowest BCUT2D eigenvalue weighted by atomic mass is 10.1. The lowest BCUT2D eigenvalue weighted by Crippen LogP contribution is -2.16. The summed E-state index contributed by atoms with van der Waals surface area (Å²) in [7, 11) is 0. The van der Waals surface area contributed by atoms with Gasteiger partial charge >= 0.3 is 0 Å². The Bertz CT molecular complexity index is 643. The quantitative estimate of drug-likeness (QED) is 0.674. The molecule has 3 N–H and O–H groups in total. The molecule has 0 atom stereocenters. The minimum absolute atomic E-state index is 0.0353. The van der Waals surface area contributed by atoms with Gasteiger partial charge in [0.25, 0.3) is 0 Å². The molecule has 2 rings (SSSR count). The summed E-state index contributed by atoms with van der Waals surface area (Å²) in [4.78, 5) is 0. The third-order valence-electron chi connectivity index (χ3n) is 3.28. The highest BCUT2D eigenvalue weighted by atomic mass is 79.9. The Morgan fingerprint density at radius 3 is 2.63 bits per heavy atom. The zero-order valence-corrected chi connectivity index (χ0v) is 12.9. The second-order valence-electron chi connectivity index (χ2n) is 4.46. The molecule has 0 aliphatic rings. The Morgan fingerprint density at radius 1 is 1.42 bits per heavy atom. The first-order valence-electron chi connectivity index (χ1n) is 6.15. The van der Waals surface area contributed by atoms with Gasteiger partial charge in [0.15, 0.2) is 0 Å². The number of benzene rings is 1. The van der Waals surface area contributed by atoms with Crippen LogP contribution in [0.1, 0.15) is 29.4 Å². The lowest BCUT2D eigenvalue weighted by molar-refractivity contribution is 0.830. The molecule has 100 valence electrons. The largest absolute Gasteiger partial charge is 0.384 e. The van der Waals surface area contributed by atoms with Gasteiger partial charge in [0.1, 0.15) is 5.84 Å². The summed E-state index contributed by atoms with van der Waals surface area (Å²) in [5, 5.41) is 12.3. The fourth-order valence-corrected chi connectivity index (χ4v) is 2.95. The third kappa shape index (κ3) is 2.30. The number of nitrogens with zero attached hydrogens (tertiary/aromatic N) is 2. The van der Waals surface area contributed by atoms with Crippen molar-refractivity contribution < 1.29 is 0 Å². The van der Waals surface area contributed by atoms with Gasteiger partial charge in [-0.3, -0.25) is 5.41 Å². The van der Waals surface area contributed by atoms with Crippen molar-refractivity contribution in [3.63, 3.8) is 0 Å². The highest BCUT2D eigenvalue weighted by Crippen LogP contribution is 2.26. The van der Waals surface area contributed by atoms with Crippen LogP contribution in [0.25, 0.3) is 5.69 Å². The summed E-state index contributed by atoms with van der Waals surface area (Å²) in [6.07, 6.45) is 0.946. The molecule has 0 aliphatic heterocycles. The number of rotatable bonds is 3. The van der Waals surface area contributed by atoms with E-state index in [2.05, 4.69) is 28.0 Å². The average Bonchev–Trinajstić information content (AvgIpc) is 2.63. The smallest absolute Gasteiger partial charge is 0.126 e. The van der Waals surface area contributed by atoms with Crippen molar-refractivity contribution in [1.29, 1.82) is 5.41 Å². The van der Waals surface area contributed by atoms with Crippen LogP contribution in [0, 0.1) is 19.3 Å². The van der Waals surface area contributed by atoms with Crippen LogP contribution in [0.5, 0.6) is 0 Å². The van der Waals surface area contributed by atoms with Crippen LogP contribution < -0.4 is 5.73 Å². The van der Waals surface area contributed by atoms with Gasteiger partial charge in [-0.2, -0.15) is 5.10 Å². The van der Waals surface area contributed by atoms with Crippen molar-refractivity contribution in [2.75, 3.05) is 0 Å². The SMILES string of the molecule is CCc1c(C)nn(-c2cccc(Br)c2C(=N)N)c1C. The number of nitrogen functional groups attached to an aromatic ring is 1. The van der Waals surface area contributed by atoms with Gasteiger partial charge in [-0.05, 0) is 53.9 Å². The molecule has 4 nitrogen and oxygen atoms in total. The van der Waals surface area contributed by atoms with Crippen molar-refractivity contribution in [3.8, 4) is 5.69 Å². The summed E-state index contributed by atoms with van der Waals surface area (Å²) < 4.78 is 2.68. The lowest BCUT2D eigenvalue weighted by Gasteiger charge is -2.12. The third-order valence-corrected chi connectivity index (χ3v) is 3.94.